The lowest BCUT2D eigenvalue weighted by molar-refractivity contribution is -0.125. The molecule has 1 aliphatic rings. The predicted molar refractivity (Wildman–Crippen MR) is 106 cm³/mol. The van der Waals surface area contributed by atoms with Gasteiger partial charge in [0.2, 0.25) is 5.91 Å². The van der Waals surface area contributed by atoms with Gasteiger partial charge in [0.1, 0.15) is 0 Å². The quantitative estimate of drug-likeness (QED) is 0.785. The van der Waals surface area contributed by atoms with Gasteiger partial charge in [-0.2, -0.15) is 0 Å². The van der Waals surface area contributed by atoms with E-state index in [1.807, 2.05) is 49.4 Å². The zero-order valence-corrected chi connectivity index (χ0v) is 15.9. The molecule has 0 unspecified atom stereocenters. The summed E-state index contributed by atoms with van der Waals surface area (Å²) in [4.78, 5) is 14.8. The van der Waals surface area contributed by atoms with Crippen molar-refractivity contribution in [1.29, 1.82) is 0 Å². The summed E-state index contributed by atoms with van der Waals surface area (Å²) in [6, 6.07) is 18.4. The summed E-state index contributed by atoms with van der Waals surface area (Å²) < 4.78 is 0. The van der Waals surface area contributed by atoms with Gasteiger partial charge >= 0.3 is 0 Å². The van der Waals surface area contributed by atoms with E-state index in [4.69, 9.17) is 11.6 Å². The van der Waals surface area contributed by atoms with Gasteiger partial charge < -0.3 is 10.6 Å². The molecule has 0 saturated carbocycles. The molecule has 0 spiro atoms. The summed E-state index contributed by atoms with van der Waals surface area (Å²) in [7, 11) is 0. The molecule has 0 aliphatic carbocycles. The first kappa shape index (κ1) is 18.9. The van der Waals surface area contributed by atoms with Crippen molar-refractivity contribution in [2.75, 3.05) is 13.1 Å². The van der Waals surface area contributed by atoms with Crippen LogP contribution in [0.15, 0.2) is 54.6 Å². The van der Waals surface area contributed by atoms with Crippen LogP contribution >= 0.6 is 11.6 Å². The van der Waals surface area contributed by atoms with Crippen LogP contribution in [0.2, 0.25) is 5.02 Å². The SMILES string of the molecule is CCNC(=O)[C@@H]1C[C@H](NCc2ccc(Cl)cc2)CN1Cc1ccccc1. The van der Waals surface area contributed by atoms with E-state index in [0.29, 0.717) is 12.6 Å². The Morgan fingerprint density at radius 1 is 1.12 bits per heavy atom. The van der Waals surface area contributed by atoms with Crippen LogP contribution in [-0.4, -0.2) is 36.0 Å². The van der Waals surface area contributed by atoms with E-state index >= 15 is 0 Å². The van der Waals surface area contributed by atoms with Crippen molar-refractivity contribution in [3.8, 4) is 0 Å². The highest BCUT2D eigenvalue weighted by Gasteiger charge is 2.36. The molecule has 1 fully saturated rings. The van der Waals surface area contributed by atoms with Gasteiger partial charge in [0.15, 0.2) is 0 Å². The van der Waals surface area contributed by atoms with Crippen LogP contribution in [-0.2, 0) is 17.9 Å². The second-order valence-corrected chi connectivity index (χ2v) is 7.20. The Labute approximate surface area is 160 Å². The highest BCUT2D eigenvalue weighted by Crippen LogP contribution is 2.21. The normalized spacial score (nSPS) is 20.2. The molecule has 1 amide bonds. The lowest BCUT2D eigenvalue weighted by Crippen LogP contribution is -2.42. The van der Waals surface area contributed by atoms with Crippen LogP contribution in [0.5, 0.6) is 0 Å². The van der Waals surface area contributed by atoms with Crippen molar-refractivity contribution in [3.05, 3.63) is 70.7 Å². The second kappa shape index (κ2) is 9.17. The monoisotopic (exact) mass is 371 g/mol. The van der Waals surface area contributed by atoms with E-state index in [9.17, 15) is 4.79 Å². The molecule has 0 aromatic heterocycles. The van der Waals surface area contributed by atoms with Crippen LogP contribution in [0, 0.1) is 0 Å². The molecule has 2 aromatic rings. The van der Waals surface area contributed by atoms with Gasteiger partial charge in [0.05, 0.1) is 6.04 Å². The molecule has 0 radical (unpaired) electrons. The first-order valence-corrected chi connectivity index (χ1v) is 9.57. The molecule has 5 heteroatoms. The van der Waals surface area contributed by atoms with E-state index in [-0.39, 0.29) is 11.9 Å². The van der Waals surface area contributed by atoms with Gasteiger partial charge in [-0.3, -0.25) is 9.69 Å². The number of nitrogens with one attached hydrogen (secondary N) is 2. The molecule has 4 nitrogen and oxygen atoms in total. The largest absolute Gasteiger partial charge is 0.355 e. The van der Waals surface area contributed by atoms with Crippen LogP contribution in [0.1, 0.15) is 24.5 Å². The number of halogens is 1. The van der Waals surface area contributed by atoms with Crippen molar-refractivity contribution < 1.29 is 4.79 Å². The third-order valence-corrected chi connectivity index (χ3v) is 5.05. The molecule has 2 aromatic carbocycles. The van der Waals surface area contributed by atoms with Gasteiger partial charge in [-0.1, -0.05) is 54.1 Å². The minimum absolute atomic E-state index is 0.0853. The number of hydrogen-bond acceptors (Lipinski definition) is 3. The Morgan fingerprint density at radius 3 is 2.54 bits per heavy atom. The maximum atomic E-state index is 12.5. The van der Waals surface area contributed by atoms with Gasteiger partial charge in [-0.25, -0.2) is 0 Å². The molecule has 1 heterocycles. The minimum Gasteiger partial charge on any atom is -0.355 e. The summed E-state index contributed by atoms with van der Waals surface area (Å²) >= 11 is 5.95. The fraction of sp³-hybridized carbons (Fsp3) is 0.381. The van der Waals surface area contributed by atoms with Crippen molar-refractivity contribution in [2.24, 2.45) is 0 Å². The highest BCUT2D eigenvalue weighted by molar-refractivity contribution is 6.30. The molecular weight excluding hydrogens is 346 g/mol. The zero-order chi connectivity index (χ0) is 18.4. The highest BCUT2D eigenvalue weighted by atomic mass is 35.5. The number of likely N-dealkylation sites (tertiary alicyclic amines) is 1. The zero-order valence-electron chi connectivity index (χ0n) is 15.1. The third-order valence-electron chi connectivity index (χ3n) is 4.79. The Bertz CT molecular complexity index is 705. The minimum atomic E-state index is -0.0853. The third kappa shape index (κ3) is 5.07. The molecule has 2 N–H and O–H groups in total. The molecule has 3 rings (SSSR count). The summed E-state index contributed by atoms with van der Waals surface area (Å²) in [5.41, 5.74) is 2.44. The Balaban J connectivity index is 1.63. The van der Waals surface area contributed by atoms with E-state index in [1.165, 1.54) is 11.1 Å². The predicted octanol–water partition coefficient (Wildman–Crippen LogP) is 3.21. The number of carbonyl (C=O) groups excluding carboxylic acids is 1. The molecular formula is C21H26ClN3O. The summed E-state index contributed by atoms with van der Waals surface area (Å²) in [6.07, 6.45) is 0.826. The molecule has 138 valence electrons. The van der Waals surface area contributed by atoms with Crippen molar-refractivity contribution >= 4 is 17.5 Å². The molecule has 1 aliphatic heterocycles. The van der Waals surface area contributed by atoms with E-state index in [2.05, 4.69) is 27.7 Å². The van der Waals surface area contributed by atoms with Crippen molar-refractivity contribution in [2.45, 2.75) is 38.5 Å². The summed E-state index contributed by atoms with van der Waals surface area (Å²) in [6.45, 7) is 5.07. The number of hydrogen-bond donors (Lipinski definition) is 2. The Morgan fingerprint density at radius 2 is 1.85 bits per heavy atom. The lowest BCUT2D eigenvalue weighted by Gasteiger charge is -2.23. The van der Waals surface area contributed by atoms with Gasteiger partial charge in [0.25, 0.3) is 0 Å². The summed E-state index contributed by atoms with van der Waals surface area (Å²) in [5.74, 6) is 0.124. The average molecular weight is 372 g/mol. The number of nitrogens with zero attached hydrogens (tertiary/aromatic N) is 1. The Hall–Kier alpha value is -1.88. The number of likely N-dealkylation sites (N-methyl/N-ethyl adjacent to an activating group) is 1. The first-order chi connectivity index (χ1) is 12.7. The van der Waals surface area contributed by atoms with Gasteiger partial charge in [0, 0.05) is 37.2 Å². The molecule has 26 heavy (non-hydrogen) atoms. The van der Waals surface area contributed by atoms with Crippen LogP contribution < -0.4 is 10.6 Å². The van der Waals surface area contributed by atoms with Gasteiger partial charge in [-0.15, -0.1) is 0 Å². The average Bonchev–Trinajstić information content (AvgIpc) is 3.05. The number of rotatable bonds is 7. The van der Waals surface area contributed by atoms with Crippen LogP contribution in [0.3, 0.4) is 0 Å². The van der Waals surface area contributed by atoms with E-state index < -0.39 is 0 Å². The summed E-state index contributed by atoms with van der Waals surface area (Å²) in [5, 5.41) is 7.33. The Kier molecular flexibility index (Phi) is 6.67. The molecule has 2 atom stereocenters. The number of carbonyl (C=O) groups is 1. The van der Waals surface area contributed by atoms with Gasteiger partial charge in [-0.05, 0) is 36.6 Å². The van der Waals surface area contributed by atoms with Crippen LogP contribution in [0.4, 0.5) is 0 Å². The van der Waals surface area contributed by atoms with E-state index in [1.54, 1.807) is 0 Å². The fourth-order valence-electron chi connectivity index (χ4n) is 3.47. The fourth-order valence-corrected chi connectivity index (χ4v) is 3.60. The lowest BCUT2D eigenvalue weighted by atomic mass is 10.1. The topological polar surface area (TPSA) is 44.4 Å². The van der Waals surface area contributed by atoms with E-state index in [0.717, 1.165) is 31.1 Å². The van der Waals surface area contributed by atoms with Crippen LogP contribution in [0.25, 0.3) is 0 Å². The standard InChI is InChI=1S/C21H26ClN3O/c1-2-23-21(26)20-12-19(24-13-16-8-10-18(22)11-9-16)15-25(20)14-17-6-4-3-5-7-17/h3-11,19-20,24H,2,12-15H2,1H3,(H,23,26)/t19-,20-/m0/s1. The maximum Gasteiger partial charge on any atom is 0.237 e. The molecule has 1 saturated heterocycles. The van der Waals surface area contributed by atoms with Crippen molar-refractivity contribution in [3.63, 3.8) is 0 Å². The molecule has 0 bridgehead atoms. The smallest absolute Gasteiger partial charge is 0.237 e. The van der Waals surface area contributed by atoms with Crippen molar-refractivity contribution in [1.82, 2.24) is 15.5 Å². The number of amides is 1. The maximum absolute atomic E-state index is 12.5. The first-order valence-electron chi connectivity index (χ1n) is 9.19. The second-order valence-electron chi connectivity index (χ2n) is 6.77. The number of benzene rings is 2.